The maximum atomic E-state index is 7.65. The zero-order valence-corrected chi connectivity index (χ0v) is 72.4. The average molecular weight is 1740 g/mol. The van der Waals surface area contributed by atoms with Crippen molar-refractivity contribution in [2.24, 2.45) is 0 Å². The highest BCUT2D eigenvalue weighted by atomic mass is 32.1. The Bertz CT molecular complexity index is 10100. The van der Waals surface area contributed by atoms with Crippen LogP contribution in [0.25, 0.3) is 298 Å². The lowest BCUT2D eigenvalue weighted by molar-refractivity contribution is 0.670. The maximum absolute atomic E-state index is 7.65. The molecule has 0 spiro atoms. The van der Waals surface area contributed by atoms with E-state index in [0.29, 0.717) is 35.1 Å². The molecule has 0 fully saturated rings. The van der Waals surface area contributed by atoms with Crippen LogP contribution in [0.3, 0.4) is 0 Å². The third kappa shape index (κ3) is 10.5. The molecule has 14 heteroatoms. The van der Waals surface area contributed by atoms with Crippen LogP contribution in [0.15, 0.2) is 391 Å². The van der Waals surface area contributed by atoms with Gasteiger partial charge < -0.3 is 18.0 Å². The number of fused-ring (bicyclic) bond motifs is 29. The highest BCUT2D eigenvalue weighted by Crippen LogP contribution is 2.52. The molecule has 0 atom stereocenters. The molecule has 30 aromatic rings. The fourth-order valence-electron chi connectivity index (χ4n) is 21.5. The van der Waals surface area contributed by atoms with Gasteiger partial charge in [-0.05, 0) is 165 Å². The highest BCUT2D eigenvalue weighted by molar-refractivity contribution is 7.27. The molecule has 10 aromatic heterocycles. The van der Waals surface area contributed by atoms with Crippen molar-refractivity contribution in [2.75, 3.05) is 0 Å². The molecule has 610 valence electrons. The Hall–Kier alpha value is -16.9. The lowest BCUT2D eigenvalue weighted by Crippen LogP contribution is -2.08. The lowest BCUT2D eigenvalue weighted by Gasteiger charge is -2.17. The summed E-state index contributed by atoms with van der Waals surface area (Å²) in [7, 11) is 0. The molecular weight excluding hydrogens is 1670 g/mol. The third-order valence-corrected chi connectivity index (χ3v) is 31.0. The molecule has 132 heavy (non-hydrogen) atoms. The van der Waals surface area contributed by atoms with Gasteiger partial charge in [0.25, 0.3) is 0 Å². The number of aromatic nitrogens is 9. The van der Waals surface area contributed by atoms with Gasteiger partial charge in [-0.3, -0.25) is 4.57 Å². The van der Waals surface area contributed by atoms with Crippen LogP contribution >= 0.6 is 34.0 Å². The number of para-hydroxylation sites is 4. The summed E-state index contributed by atoms with van der Waals surface area (Å²) in [5.74, 6) is 3.21. The van der Waals surface area contributed by atoms with E-state index in [4.69, 9.17) is 38.7 Å². The zero-order chi connectivity index (χ0) is 85.8. The van der Waals surface area contributed by atoms with Crippen molar-refractivity contribution in [1.82, 2.24) is 43.6 Å². The summed E-state index contributed by atoms with van der Waals surface area (Å²) in [5.41, 5.74) is 17.3. The molecule has 0 saturated carbocycles. The summed E-state index contributed by atoms with van der Waals surface area (Å²) in [6.07, 6.45) is 0. The molecule has 30 rings (SSSR count). The zero-order valence-electron chi connectivity index (χ0n) is 69.9. The largest absolute Gasteiger partial charge is 0.455 e. The van der Waals surface area contributed by atoms with E-state index in [1.54, 1.807) is 34.0 Å². The van der Waals surface area contributed by atoms with Gasteiger partial charge in [0.15, 0.2) is 29.1 Å². The Morgan fingerprint density at radius 1 is 0.197 bits per heavy atom. The van der Waals surface area contributed by atoms with E-state index in [0.717, 1.165) is 227 Å². The predicted octanol–water partition coefficient (Wildman–Crippen LogP) is 32.9. The SMILES string of the molecule is c1ccc2cc3c(cc2c1)c1cc2ccccc2cc1n3-c1c(-c2nc(-c3ccc4c(c3)sc3ccccc34)nc(-c3ccc4c(c3)sc3ccccc34)n2)ccc2oc3c(-c4cccc5c4sc4ccc(-c6nc(-c7ccc8oc9c%10ccccc%10ccc9c8c7-n7c8ccccc8c8cc9ccccc9cc87)nc(-n7c8ccccc8c8ccccc87)n6)cc45)cccc3c12. The minimum absolute atomic E-state index is 0.492. The number of hydrogen-bond donors (Lipinski definition) is 0. The van der Waals surface area contributed by atoms with E-state index in [2.05, 4.69) is 396 Å². The molecule has 0 N–H and O–H groups in total. The Labute approximate surface area is 761 Å². The lowest BCUT2D eigenvalue weighted by atomic mass is 9.98. The summed E-state index contributed by atoms with van der Waals surface area (Å²) in [5, 5.41) is 26.6. The summed E-state index contributed by atoms with van der Waals surface area (Å²) >= 11 is 5.37. The van der Waals surface area contributed by atoms with Crippen LogP contribution in [-0.2, 0) is 0 Å². The molecule has 0 amide bonds. The van der Waals surface area contributed by atoms with E-state index >= 15 is 0 Å². The van der Waals surface area contributed by atoms with Gasteiger partial charge >= 0.3 is 0 Å². The molecule has 0 aliphatic rings. The van der Waals surface area contributed by atoms with Gasteiger partial charge in [0.1, 0.15) is 22.3 Å². The van der Waals surface area contributed by atoms with E-state index in [9.17, 15) is 0 Å². The fraction of sp³-hybridized carbons (Fsp3) is 0. The third-order valence-electron chi connectivity index (χ3n) is 27.5. The van der Waals surface area contributed by atoms with Crippen molar-refractivity contribution in [2.45, 2.75) is 0 Å². The van der Waals surface area contributed by atoms with Crippen LogP contribution < -0.4 is 0 Å². The van der Waals surface area contributed by atoms with Crippen molar-refractivity contribution in [3.63, 3.8) is 0 Å². The van der Waals surface area contributed by atoms with Crippen molar-refractivity contribution in [1.29, 1.82) is 0 Å². The number of furan rings is 2. The van der Waals surface area contributed by atoms with Crippen molar-refractivity contribution in [3.8, 4) is 85.4 Å². The smallest absolute Gasteiger partial charge is 0.238 e. The standard InChI is InChI=1S/C118H63N9O2S3/c1-4-25-68-59-96-89(55-65(68)22-1)77-31-11-14-38-93(77)125(96)108-88(51-53-100-107(108)86-49-43-64-21-7-8-28-74(64)110(86)128-100)117-122-115(123-118(124-117)127-94-39-15-9-29-75(94)76-30-10-16-40-95(76)127)71-46-54-103-92(58-71)84-36-20-35-83(112(84)132-103)82-34-19-37-85-106-99(129-111(82)85)52-50-87(109(106)126-97-60-69-26-5-2-23-66(69)56-90(97)91-57-67-24-3-6-27-70(67)61-98(91)126)116-120-113(72-44-47-80-78-32-12-17-41-101(78)130-104(80)62-72)119-114(121-116)73-45-48-81-79-33-13-18-42-102(79)131-105(81)63-73/h1-63H. The highest BCUT2D eigenvalue weighted by Gasteiger charge is 2.31. The molecule has 20 aromatic carbocycles. The van der Waals surface area contributed by atoms with E-state index in [1.807, 2.05) is 0 Å². The van der Waals surface area contributed by atoms with Crippen molar-refractivity contribution < 1.29 is 8.83 Å². The Morgan fingerprint density at radius 2 is 0.576 bits per heavy atom. The predicted molar refractivity (Wildman–Crippen MR) is 552 cm³/mol. The number of rotatable bonds is 9. The average Bonchev–Trinajstić information content (AvgIpc) is 1.53. The normalized spacial score (nSPS) is 12.4. The quantitative estimate of drug-likeness (QED) is 0.140. The van der Waals surface area contributed by atoms with Crippen LogP contribution in [0.2, 0.25) is 0 Å². The van der Waals surface area contributed by atoms with Gasteiger partial charge in [0, 0.05) is 148 Å². The Morgan fingerprint density at radius 3 is 1.14 bits per heavy atom. The number of hydrogen-bond acceptors (Lipinski definition) is 11. The van der Waals surface area contributed by atoms with Crippen molar-refractivity contribution in [3.05, 3.63) is 382 Å². The van der Waals surface area contributed by atoms with E-state index in [-0.39, 0.29) is 0 Å². The molecule has 0 unspecified atom stereocenters. The molecule has 0 bridgehead atoms. The Kier molecular flexibility index (Phi) is 14.9. The molecule has 11 nitrogen and oxygen atoms in total. The molecule has 0 aliphatic heterocycles. The van der Waals surface area contributed by atoms with Gasteiger partial charge in [-0.2, -0.15) is 9.97 Å². The van der Waals surface area contributed by atoms with E-state index < -0.39 is 0 Å². The summed E-state index contributed by atoms with van der Waals surface area (Å²) in [6, 6.07) is 138. The van der Waals surface area contributed by atoms with Gasteiger partial charge in [0.05, 0.1) is 55.2 Å². The summed E-state index contributed by atoms with van der Waals surface area (Å²) in [4.78, 5) is 34.3. The van der Waals surface area contributed by atoms with Crippen molar-refractivity contribution >= 4 is 247 Å². The maximum Gasteiger partial charge on any atom is 0.238 e. The fourth-order valence-corrected chi connectivity index (χ4v) is 25.0. The minimum Gasteiger partial charge on any atom is -0.455 e. The molecule has 0 radical (unpaired) electrons. The second-order valence-corrected chi connectivity index (χ2v) is 37.8. The van der Waals surface area contributed by atoms with E-state index in [1.165, 1.54) is 36.3 Å². The second kappa shape index (κ2) is 27.3. The minimum atomic E-state index is 0.492. The van der Waals surface area contributed by atoms with Crippen LogP contribution in [0.5, 0.6) is 0 Å². The number of benzene rings is 20. The molecule has 10 heterocycles. The molecular formula is C118H63N9O2S3. The first-order valence-corrected chi connectivity index (χ1v) is 46.8. The summed E-state index contributed by atoms with van der Waals surface area (Å²) < 4.78 is 29.0. The number of nitrogens with zero attached hydrogens (tertiary/aromatic N) is 9. The van der Waals surface area contributed by atoms with Gasteiger partial charge in [-0.15, -0.1) is 34.0 Å². The number of thiophene rings is 3. The molecule has 0 saturated heterocycles. The molecule has 0 aliphatic carbocycles. The Balaban J connectivity index is 0.642. The van der Waals surface area contributed by atoms with Crippen LogP contribution in [-0.4, -0.2) is 43.6 Å². The first-order chi connectivity index (χ1) is 65.4. The van der Waals surface area contributed by atoms with Crippen LogP contribution in [0.4, 0.5) is 0 Å². The van der Waals surface area contributed by atoms with Crippen LogP contribution in [0, 0.1) is 0 Å². The summed E-state index contributed by atoms with van der Waals surface area (Å²) in [6.45, 7) is 0. The first kappa shape index (κ1) is 72.2. The van der Waals surface area contributed by atoms with Gasteiger partial charge in [0.2, 0.25) is 5.95 Å². The van der Waals surface area contributed by atoms with Crippen LogP contribution in [0.1, 0.15) is 0 Å². The second-order valence-electron chi connectivity index (χ2n) is 34.6. The topological polar surface area (TPSA) is 118 Å². The van der Waals surface area contributed by atoms with Gasteiger partial charge in [-0.25, -0.2) is 19.9 Å². The monoisotopic (exact) mass is 1730 g/mol. The van der Waals surface area contributed by atoms with Gasteiger partial charge in [-0.1, -0.05) is 255 Å². The first-order valence-electron chi connectivity index (χ1n) is 44.3.